The molecule has 0 aliphatic heterocycles. The van der Waals surface area contributed by atoms with Crippen LogP contribution in [0.2, 0.25) is 0 Å². The maximum atomic E-state index is 11.5. The van der Waals surface area contributed by atoms with Crippen LogP contribution in [0.1, 0.15) is 51.2 Å². The van der Waals surface area contributed by atoms with Crippen LogP contribution in [-0.4, -0.2) is 28.6 Å². The molecular formula is C13H24N4O2. The highest BCUT2D eigenvalue weighted by Crippen LogP contribution is 2.04. The molecule has 1 aromatic rings. The molecule has 19 heavy (non-hydrogen) atoms. The Labute approximate surface area is 114 Å². The largest absolute Gasteiger partial charge is 0.356 e. The summed E-state index contributed by atoms with van der Waals surface area (Å²) in [4.78, 5) is 15.8. The van der Waals surface area contributed by atoms with Crippen molar-refractivity contribution < 1.29 is 9.32 Å². The smallest absolute Gasteiger partial charge is 0.226 e. The topological polar surface area (TPSA) is 94.0 Å². The van der Waals surface area contributed by atoms with Crippen LogP contribution in [0.4, 0.5) is 0 Å². The first kappa shape index (κ1) is 15.6. The van der Waals surface area contributed by atoms with Crippen LogP contribution in [0.25, 0.3) is 0 Å². The maximum absolute atomic E-state index is 11.5. The summed E-state index contributed by atoms with van der Waals surface area (Å²) in [6.45, 7) is 4.63. The van der Waals surface area contributed by atoms with Crippen molar-refractivity contribution in [2.45, 2.75) is 58.4 Å². The molecule has 1 amide bonds. The number of nitrogens with two attached hydrogens (primary N) is 1. The molecule has 6 heteroatoms. The van der Waals surface area contributed by atoms with Gasteiger partial charge in [-0.15, -0.1) is 0 Å². The average Bonchev–Trinajstić information content (AvgIpc) is 2.77. The van der Waals surface area contributed by atoms with E-state index in [9.17, 15) is 4.79 Å². The van der Waals surface area contributed by atoms with Crippen LogP contribution in [0, 0.1) is 0 Å². The van der Waals surface area contributed by atoms with E-state index in [1.165, 1.54) is 0 Å². The molecule has 0 aliphatic rings. The molecule has 0 aromatic carbocycles. The van der Waals surface area contributed by atoms with E-state index >= 15 is 0 Å². The van der Waals surface area contributed by atoms with E-state index in [1.807, 2.05) is 6.92 Å². The monoisotopic (exact) mass is 268 g/mol. The summed E-state index contributed by atoms with van der Waals surface area (Å²) >= 11 is 0. The van der Waals surface area contributed by atoms with Gasteiger partial charge in [0.05, 0.1) is 0 Å². The second-order valence-corrected chi connectivity index (χ2v) is 4.82. The lowest BCUT2D eigenvalue weighted by atomic mass is 10.2. The second-order valence-electron chi connectivity index (χ2n) is 4.82. The van der Waals surface area contributed by atoms with Crippen LogP contribution >= 0.6 is 0 Å². The Morgan fingerprint density at radius 1 is 1.47 bits per heavy atom. The Morgan fingerprint density at radius 2 is 2.26 bits per heavy atom. The predicted molar refractivity (Wildman–Crippen MR) is 72.5 cm³/mol. The highest BCUT2D eigenvalue weighted by atomic mass is 16.5. The Kier molecular flexibility index (Phi) is 7.10. The lowest BCUT2D eigenvalue weighted by Gasteiger charge is -2.06. The molecule has 108 valence electrons. The molecule has 0 spiro atoms. The van der Waals surface area contributed by atoms with E-state index in [0.29, 0.717) is 25.3 Å². The molecule has 0 fully saturated rings. The van der Waals surface area contributed by atoms with Crippen molar-refractivity contribution in [1.82, 2.24) is 15.5 Å². The van der Waals surface area contributed by atoms with Crippen LogP contribution in [0.3, 0.4) is 0 Å². The normalized spacial score (nSPS) is 12.4. The number of carbonyl (C=O) groups is 1. The van der Waals surface area contributed by atoms with Crippen molar-refractivity contribution in [2.24, 2.45) is 5.73 Å². The number of aromatic nitrogens is 2. The van der Waals surface area contributed by atoms with Gasteiger partial charge >= 0.3 is 0 Å². The van der Waals surface area contributed by atoms with E-state index in [1.54, 1.807) is 0 Å². The van der Waals surface area contributed by atoms with Crippen molar-refractivity contribution in [3.63, 3.8) is 0 Å². The number of nitrogens with one attached hydrogen (secondary N) is 1. The van der Waals surface area contributed by atoms with Crippen LogP contribution < -0.4 is 11.1 Å². The van der Waals surface area contributed by atoms with Crippen molar-refractivity contribution in [1.29, 1.82) is 0 Å². The maximum Gasteiger partial charge on any atom is 0.226 e. The number of aryl methyl sites for hydroxylation is 2. The zero-order valence-corrected chi connectivity index (χ0v) is 11.8. The lowest BCUT2D eigenvalue weighted by molar-refractivity contribution is -0.121. The summed E-state index contributed by atoms with van der Waals surface area (Å²) in [6, 6.07) is 0.121. The molecule has 1 unspecified atom stereocenters. The zero-order valence-electron chi connectivity index (χ0n) is 11.8. The minimum Gasteiger partial charge on any atom is -0.356 e. The Bertz CT molecular complexity index is 376. The molecule has 1 heterocycles. The van der Waals surface area contributed by atoms with E-state index < -0.39 is 0 Å². The lowest BCUT2D eigenvalue weighted by Crippen LogP contribution is -2.28. The quantitative estimate of drug-likeness (QED) is 0.701. The van der Waals surface area contributed by atoms with Crippen LogP contribution in [0.15, 0.2) is 4.52 Å². The van der Waals surface area contributed by atoms with Crippen molar-refractivity contribution in [2.75, 3.05) is 6.54 Å². The van der Waals surface area contributed by atoms with Crippen molar-refractivity contribution in [3.8, 4) is 0 Å². The molecule has 1 rings (SSSR count). The molecule has 0 saturated carbocycles. The third-order valence-corrected chi connectivity index (χ3v) is 2.70. The van der Waals surface area contributed by atoms with Gasteiger partial charge in [0.15, 0.2) is 5.82 Å². The number of carbonyl (C=O) groups excluding carboxylic acids is 1. The van der Waals surface area contributed by atoms with Gasteiger partial charge in [-0.2, -0.15) is 4.98 Å². The van der Waals surface area contributed by atoms with E-state index in [4.69, 9.17) is 10.3 Å². The Morgan fingerprint density at radius 3 is 2.95 bits per heavy atom. The fourth-order valence-corrected chi connectivity index (χ4v) is 1.64. The van der Waals surface area contributed by atoms with Gasteiger partial charge in [-0.25, -0.2) is 0 Å². The molecule has 0 radical (unpaired) electrons. The third kappa shape index (κ3) is 6.91. The minimum atomic E-state index is 0.0500. The summed E-state index contributed by atoms with van der Waals surface area (Å²) in [5.74, 6) is 1.42. The van der Waals surface area contributed by atoms with Gasteiger partial charge in [0.25, 0.3) is 0 Å². The Hall–Kier alpha value is -1.43. The van der Waals surface area contributed by atoms with Gasteiger partial charge in [0, 0.05) is 31.8 Å². The number of hydrogen-bond donors (Lipinski definition) is 2. The van der Waals surface area contributed by atoms with Gasteiger partial charge in [-0.1, -0.05) is 12.1 Å². The van der Waals surface area contributed by atoms with Gasteiger partial charge < -0.3 is 15.6 Å². The molecule has 1 atom stereocenters. The van der Waals surface area contributed by atoms with Gasteiger partial charge in [-0.05, 0) is 26.2 Å². The molecule has 6 nitrogen and oxygen atoms in total. The second kappa shape index (κ2) is 8.63. The molecule has 0 bridgehead atoms. The molecule has 0 aliphatic carbocycles. The number of hydrogen-bond acceptors (Lipinski definition) is 5. The zero-order chi connectivity index (χ0) is 14.1. The fraction of sp³-hybridized carbons (Fsp3) is 0.769. The fourth-order valence-electron chi connectivity index (χ4n) is 1.64. The van der Waals surface area contributed by atoms with Crippen molar-refractivity contribution in [3.05, 3.63) is 11.7 Å². The first-order valence-corrected chi connectivity index (χ1v) is 6.95. The van der Waals surface area contributed by atoms with E-state index in [-0.39, 0.29) is 11.9 Å². The van der Waals surface area contributed by atoms with Gasteiger partial charge in [0.2, 0.25) is 11.8 Å². The van der Waals surface area contributed by atoms with Crippen LogP contribution in [-0.2, 0) is 17.6 Å². The van der Waals surface area contributed by atoms with Crippen LogP contribution in [0.5, 0.6) is 0 Å². The summed E-state index contributed by atoms with van der Waals surface area (Å²) in [7, 11) is 0. The summed E-state index contributed by atoms with van der Waals surface area (Å²) < 4.78 is 5.10. The molecule has 3 N–H and O–H groups in total. The molecular weight excluding hydrogens is 244 g/mol. The van der Waals surface area contributed by atoms with E-state index in [0.717, 1.165) is 31.5 Å². The summed E-state index contributed by atoms with van der Waals surface area (Å²) in [5.41, 5.74) is 5.60. The number of nitrogens with zero attached hydrogens (tertiary/aromatic N) is 2. The predicted octanol–water partition coefficient (Wildman–Crippen LogP) is 1.20. The highest BCUT2D eigenvalue weighted by Gasteiger charge is 2.07. The average molecular weight is 268 g/mol. The first-order chi connectivity index (χ1) is 9.11. The standard InChI is InChI=1S/C13H24N4O2/c1-3-5-11-16-13(19-17-11)7-4-6-12(18)15-9-8-10(2)14/h10H,3-9,14H2,1-2H3,(H,15,18). The third-order valence-electron chi connectivity index (χ3n) is 2.70. The summed E-state index contributed by atoms with van der Waals surface area (Å²) in [6.07, 6.45) is 4.48. The SMILES string of the molecule is CCCc1noc(CCCC(=O)NCCC(C)N)n1. The van der Waals surface area contributed by atoms with Gasteiger partial charge in [0.1, 0.15) is 0 Å². The molecule has 0 saturated heterocycles. The number of amides is 1. The highest BCUT2D eigenvalue weighted by molar-refractivity contribution is 5.75. The van der Waals surface area contributed by atoms with Gasteiger partial charge in [-0.3, -0.25) is 4.79 Å². The Balaban J connectivity index is 2.13. The number of rotatable bonds is 9. The summed E-state index contributed by atoms with van der Waals surface area (Å²) in [5, 5.41) is 6.71. The first-order valence-electron chi connectivity index (χ1n) is 6.95. The molecule has 1 aromatic heterocycles. The minimum absolute atomic E-state index is 0.0500. The van der Waals surface area contributed by atoms with Crippen molar-refractivity contribution >= 4 is 5.91 Å². The van der Waals surface area contributed by atoms with E-state index in [2.05, 4.69) is 22.4 Å².